The van der Waals surface area contributed by atoms with Crippen LogP contribution in [-0.2, 0) is 0 Å². The van der Waals surface area contributed by atoms with Crippen LogP contribution < -0.4 is 0 Å². The molecule has 17 heavy (non-hydrogen) atoms. The second kappa shape index (κ2) is 6.44. The number of hydrogen-bond acceptors (Lipinski definition) is 3. The van der Waals surface area contributed by atoms with Crippen LogP contribution in [0.3, 0.4) is 0 Å². The molecule has 0 saturated carbocycles. The Hall–Kier alpha value is 0.270. The molecule has 2 atom stereocenters. The maximum absolute atomic E-state index is 4.53. The maximum Gasteiger partial charge on any atom is 0.0220 e. The molecule has 3 heteroatoms. The highest BCUT2D eigenvalue weighted by molar-refractivity contribution is 7.80. The van der Waals surface area contributed by atoms with Crippen molar-refractivity contribution in [1.29, 1.82) is 0 Å². The van der Waals surface area contributed by atoms with Gasteiger partial charge in [0.25, 0.3) is 0 Å². The van der Waals surface area contributed by atoms with E-state index in [0.29, 0.717) is 11.3 Å². The van der Waals surface area contributed by atoms with E-state index in [2.05, 4.69) is 57.3 Å². The van der Waals surface area contributed by atoms with Crippen LogP contribution in [0.25, 0.3) is 0 Å². The average molecular weight is 258 g/mol. The first-order valence-corrected chi connectivity index (χ1v) is 7.47. The fraction of sp³-hybridized carbons (Fsp3) is 1.00. The summed E-state index contributed by atoms with van der Waals surface area (Å²) in [6.07, 6.45) is 2.69. The zero-order valence-electron chi connectivity index (χ0n) is 12.2. The molecule has 1 saturated heterocycles. The van der Waals surface area contributed by atoms with Gasteiger partial charge < -0.3 is 9.80 Å². The van der Waals surface area contributed by atoms with Crippen molar-refractivity contribution in [2.75, 3.05) is 39.5 Å². The topological polar surface area (TPSA) is 6.48 Å². The van der Waals surface area contributed by atoms with Gasteiger partial charge >= 0.3 is 0 Å². The normalized spacial score (nSPS) is 25.2. The minimum Gasteiger partial charge on any atom is -0.305 e. The number of nitrogens with zero attached hydrogens (tertiary/aromatic N) is 2. The van der Waals surface area contributed by atoms with Crippen LogP contribution in [0.2, 0.25) is 0 Å². The van der Waals surface area contributed by atoms with Gasteiger partial charge in [0.05, 0.1) is 0 Å². The van der Waals surface area contributed by atoms with Crippen molar-refractivity contribution in [1.82, 2.24) is 9.80 Å². The van der Waals surface area contributed by atoms with Crippen molar-refractivity contribution in [2.45, 2.75) is 39.7 Å². The number of hydrogen-bond donors (Lipinski definition) is 1. The summed E-state index contributed by atoms with van der Waals surface area (Å²) < 4.78 is 0. The van der Waals surface area contributed by atoms with Gasteiger partial charge in [0.1, 0.15) is 0 Å². The Kier molecular flexibility index (Phi) is 5.81. The molecule has 0 spiro atoms. The lowest BCUT2D eigenvalue weighted by molar-refractivity contribution is 0.0993. The second-order valence-electron chi connectivity index (χ2n) is 6.74. The average Bonchev–Trinajstić information content (AvgIpc) is 2.23. The van der Waals surface area contributed by atoms with Crippen LogP contribution in [-0.4, -0.2) is 55.3 Å². The number of rotatable bonds is 4. The van der Waals surface area contributed by atoms with E-state index in [4.69, 9.17) is 0 Å². The SMILES string of the molecule is CN1CCCC(N(C)CC(CS)C(C)(C)C)C1. The van der Waals surface area contributed by atoms with Gasteiger partial charge in [0.15, 0.2) is 0 Å². The van der Waals surface area contributed by atoms with Crippen molar-refractivity contribution in [3.8, 4) is 0 Å². The molecule has 1 aliphatic rings. The third-order valence-corrected chi connectivity index (χ3v) is 4.62. The highest BCUT2D eigenvalue weighted by Crippen LogP contribution is 2.28. The molecule has 2 nitrogen and oxygen atoms in total. The van der Waals surface area contributed by atoms with E-state index in [1.165, 1.54) is 32.5 Å². The molecule has 1 fully saturated rings. The summed E-state index contributed by atoms with van der Waals surface area (Å²) in [5.41, 5.74) is 0.358. The van der Waals surface area contributed by atoms with Gasteiger partial charge in [-0.05, 0) is 50.6 Å². The first kappa shape index (κ1) is 15.3. The first-order valence-electron chi connectivity index (χ1n) is 6.84. The van der Waals surface area contributed by atoms with E-state index >= 15 is 0 Å². The van der Waals surface area contributed by atoms with Gasteiger partial charge in [-0.25, -0.2) is 0 Å². The van der Waals surface area contributed by atoms with Gasteiger partial charge in [-0.3, -0.25) is 0 Å². The van der Waals surface area contributed by atoms with Crippen molar-refractivity contribution in [3.05, 3.63) is 0 Å². The first-order chi connectivity index (χ1) is 7.84. The number of likely N-dealkylation sites (N-methyl/N-ethyl adjacent to an activating group) is 2. The Morgan fingerprint density at radius 3 is 2.53 bits per heavy atom. The number of likely N-dealkylation sites (tertiary alicyclic amines) is 1. The third kappa shape index (κ3) is 4.80. The summed E-state index contributed by atoms with van der Waals surface area (Å²) in [5, 5.41) is 0. The zero-order valence-corrected chi connectivity index (χ0v) is 13.1. The van der Waals surface area contributed by atoms with Gasteiger partial charge in [-0.2, -0.15) is 12.6 Å². The Bertz CT molecular complexity index is 225. The highest BCUT2D eigenvalue weighted by Gasteiger charge is 2.28. The molecule has 0 radical (unpaired) electrons. The van der Waals surface area contributed by atoms with E-state index in [-0.39, 0.29) is 0 Å². The van der Waals surface area contributed by atoms with Gasteiger partial charge in [-0.1, -0.05) is 20.8 Å². The molecule has 102 valence electrons. The Labute approximate surface area is 113 Å². The molecule has 2 unspecified atom stereocenters. The molecule has 0 aromatic heterocycles. The Balaban J connectivity index is 2.49. The molecule has 0 N–H and O–H groups in total. The zero-order chi connectivity index (χ0) is 13.1. The lowest BCUT2D eigenvalue weighted by atomic mass is 9.81. The van der Waals surface area contributed by atoms with Crippen LogP contribution in [0, 0.1) is 11.3 Å². The van der Waals surface area contributed by atoms with Crippen molar-refractivity contribution in [2.24, 2.45) is 11.3 Å². The summed E-state index contributed by atoms with van der Waals surface area (Å²) in [5.74, 6) is 1.65. The Morgan fingerprint density at radius 2 is 2.06 bits per heavy atom. The van der Waals surface area contributed by atoms with E-state index in [0.717, 1.165) is 11.8 Å². The van der Waals surface area contributed by atoms with E-state index in [1.54, 1.807) is 0 Å². The van der Waals surface area contributed by atoms with Crippen molar-refractivity contribution < 1.29 is 0 Å². The monoisotopic (exact) mass is 258 g/mol. The Morgan fingerprint density at radius 1 is 1.41 bits per heavy atom. The fourth-order valence-corrected chi connectivity index (χ4v) is 3.26. The number of thiol groups is 1. The van der Waals surface area contributed by atoms with Gasteiger partial charge in [0.2, 0.25) is 0 Å². The van der Waals surface area contributed by atoms with E-state index < -0.39 is 0 Å². The quantitative estimate of drug-likeness (QED) is 0.775. The van der Waals surface area contributed by atoms with E-state index in [9.17, 15) is 0 Å². The summed E-state index contributed by atoms with van der Waals surface area (Å²) in [6, 6.07) is 0.735. The minimum atomic E-state index is 0.358. The van der Waals surface area contributed by atoms with Crippen LogP contribution in [0.5, 0.6) is 0 Å². The molecule has 0 bridgehead atoms. The summed E-state index contributed by atoms with van der Waals surface area (Å²) in [6.45, 7) is 10.6. The standard InChI is InChI=1S/C14H30N2S/c1-14(2,3)12(11-17)9-16(5)13-7-6-8-15(4)10-13/h12-13,17H,6-11H2,1-5H3. The number of piperidine rings is 1. The van der Waals surface area contributed by atoms with Crippen LogP contribution in [0.15, 0.2) is 0 Å². The van der Waals surface area contributed by atoms with Crippen LogP contribution in [0.1, 0.15) is 33.6 Å². The minimum absolute atomic E-state index is 0.358. The fourth-order valence-electron chi connectivity index (χ4n) is 2.60. The molecule has 0 aliphatic carbocycles. The summed E-state index contributed by atoms with van der Waals surface area (Å²) in [7, 11) is 4.52. The van der Waals surface area contributed by atoms with Crippen LogP contribution >= 0.6 is 12.6 Å². The maximum atomic E-state index is 4.53. The van der Waals surface area contributed by atoms with Gasteiger partial charge in [-0.15, -0.1) is 0 Å². The van der Waals surface area contributed by atoms with Crippen molar-refractivity contribution >= 4 is 12.6 Å². The van der Waals surface area contributed by atoms with Gasteiger partial charge in [0, 0.05) is 19.1 Å². The smallest absolute Gasteiger partial charge is 0.0220 e. The highest BCUT2D eigenvalue weighted by atomic mass is 32.1. The lowest BCUT2D eigenvalue weighted by Crippen LogP contribution is -2.47. The molecular weight excluding hydrogens is 228 g/mol. The predicted molar refractivity (Wildman–Crippen MR) is 79.9 cm³/mol. The molecule has 1 rings (SSSR count). The van der Waals surface area contributed by atoms with Crippen LogP contribution in [0.4, 0.5) is 0 Å². The van der Waals surface area contributed by atoms with Crippen molar-refractivity contribution in [3.63, 3.8) is 0 Å². The molecule has 1 aliphatic heterocycles. The lowest BCUT2D eigenvalue weighted by Gasteiger charge is -2.40. The molecule has 0 aromatic rings. The van der Waals surface area contributed by atoms with E-state index in [1.807, 2.05) is 0 Å². The third-order valence-electron chi connectivity index (χ3n) is 4.18. The summed E-state index contributed by atoms with van der Waals surface area (Å²) >= 11 is 4.53. The molecule has 1 heterocycles. The summed E-state index contributed by atoms with van der Waals surface area (Å²) in [4.78, 5) is 5.01. The molecule has 0 amide bonds. The molecular formula is C14H30N2S. The second-order valence-corrected chi connectivity index (χ2v) is 7.11. The molecule has 0 aromatic carbocycles. The predicted octanol–water partition coefficient (Wildman–Crippen LogP) is 2.60. The largest absolute Gasteiger partial charge is 0.305 e.